The Hall–Kier alpha value is -0.613. The molecule has 4 heteroatoms. The first-order chi connectivity index (χ1) is 8.92. The van der Waals surface area contributed by atoms with Gasteiger partial charge in [-0.05, 0) is 30.0 Å². The van der Waals surface area contributed by atoms with E-state index >= 15 is 0 Å². The van der Waals surface area contributed by atoms with E-state index in [1.807, 2.05) is 6.08 Å². The molecule has 0 heterocycles. The molecule has 0 rings (SSSR count). The number of methoxy groups -OCH3 is 1. The van der Waals surface area contributed by atoms with Gasteiger partial charge in [0.15, 0.2) is 8.32 Å². The summed E-state index contributed by atoms with van der Waals surface area (Å²) in [5.41, 5.74) is 0. The summed E-state index contributed by atoms with van der Waals surface area (Å²) in [5, 5.41) is 0.186. The lowest BCUT2D eigenvalue weighted by atomic mass is 9.94. The third kappa shape index (κ3) is 5.79. The molecule has 0 fully saturated rings. The molecule has 0 amide bonds. The van der Waals surface area contributed by atoms with E-state index in [-0.39, 0.29) is 23.0 Å². The number of rotatable bonds is 6. The molecule has 20 heavy (non-hydrogen) atoms. The van der Waals surface area contributed by atoms with Crippen LogP contribution in [0.4, 0.5) is 0 Å². The number of hydrogen-bond donors (Lipinski definition) is 0. The van der Waals surface area contributed by atoms with Gasteiger partial charge >= 0.3 is 5.97 Å². The van der Waals surface area contributed by atoms with Crippen molar-refractivity contribution in [2.24, 2.45) is 11.8 Å². The average Bonchev–Trinajstić information content (AvgIpc) is 2.30. The van der Waals surface area contributed by atoms with Gasteiger partial charge in [-0.25, -0.2) is 4.79 Å². The van der Waals surface area contributed by atoms with Gasteiger partial charge in [0.25, 0.3) is 0 Å². The fourth-order valence-electron chi connectivity index (χ4n) is 1.78. The third-order valence-corrected chi connectivity index (χ3v) is 8.62. The van der Waals surface area contributed by atoms with Crippen LogP contribution < -0.4 is 0 Å². The molecular weight excluding hydrogens is 268 g/mol. The maximum Gasteiger partial charge on any atom is 0.330 e. The molecule has 2 atom stereocenters. The normalized spacial score (nSPS) is 16.5. The summed E-state index contributed by atoms with van der Waals surface area (Å²) >= 11 is 0. The second-order valence-corrected chi connectivity index (χ2v) is 12.1. The minimum Gasteiger partial charge on any atom is -0.466 e. The Bertz CT molecular complexity index is 340. The Labute approximate surface area is 125 Å². The van der Waals surface area contributed by atoms with E-state index in [1.165, 1.54) is 13.2 Å². The minimum atomic E-state index is -1.81. The maximum absolute atomic E-state index is 11.2. The highest BCUT2D eigenvalue weighted by atomic mass is 28.4. The summed E-state index contributed by atoms with van der Waals surface area (Å²) in [5.74, 6) is 0.274. The highest BCUT2D eigenvalue weighted by Crippen LogP contribution is 2.39. The predicted molar refractivity (Wildman–Crippen MR) is 87.2 cm³/mol. The van der Waals surface area contributed by atoms with Crippen LogP contribution in [0.5, 0.6) is 0 Å². The molecule has 0 spiro atoms. The van der Waals surface area contributed by atoms with Crippen LogP contribution in [0.2, 0.25) is 18.1 Å². The Balaban J connectivity index is 4.99. The fourth-order valence-corrected chi connectivity index (χ4v) is 3.30. The number of carbonyl (C=O) groups excluding carboxylic acids is 1. The molecule has 0 saturated heterocycles. The van der Waals surface area contributed by atoms with Crippen molar-refractivity contribution < 1.29 is 14.0 Å². The number of carbonyl (C=O) groups is 1. The van der Waals surface area contributed by atoms with Crippen LogP contribution in [-0.4, -0.2) is 27.5 Å². The molecule has 3 nitrogen and oxygen atoms in total. The first-order valence-electron chi connectivity index (χ1n) is 7.36. The van der Waals surface area contributed by atoms with Crippen molar-refractivity contribution in [1.29, 1.82) is 0 Å². The van der Waals surface area contributed by atoms with Gasteiger partial charge in [0.05, 0.1) is 13.2 Å². The van der Waals surface area contributed by atoms with Crippen molar-refractivity contribution in [3.63, 3.8) is 0 Å². The molecule has 0 aliphatic carbocycles. The second kappa shape index (κ2) is 7.41. The van der Waals surface area contributed by atoms with E-state index in [1.54, 1.807) is 0 Å². The van der Waals surface area contributed by atoms with Crippen LogP contribution >= 0.6 is 0 Å². The van der Waals surface area contributed by atoms with Gasteiger partial charge in [0, 0.05) is 6.08 Å². The van der Waals surface area contributed by atoms with E-state index < -0.39 is 8.32 Å². The summed E-state index contributed by atoms with van der Waals surface area (Å²) in [6, 6.07) is 0. The van der Waals surface area contributed by atoms with Gasteiger partial charge in [0.2, 0.25) is 0 Å². The summed E-state index contributed by atoms with van der Waals surface area (Å²) in [4.78, 5) is 11.2. The molecular formula is C16H32O3Si. The van der Waals surface area contributed by atoms with Gasteiger partial charge in [-0.3, -0.25) is 0 Å². The predicted octanol–water partition coefficient (Wildman–Crippen LogP) is 4.40. The standard InChI is InChI=1S/C16H32O3Si/c1-12(2)15(13(3)10-11-14(17)18-7)19-20(8,9)16(4,5)6/h10-13,15H,1-9H3/b11-10+/t13-,15-/m1/s1. The molecule has 0 aliphatic heterocycles. The monoisotopic (exact) mass is 300 g/mol. The van der Waals surface area contributed by atoms with Crippen LogP contribution in [0, 0.1) is 11.8 Å². The summed E-state index contributed by atoms with van der Waals surface area (Å²) in [7, 11) is -0.416. The van der Waals surface area contributed by atoms with Crippen molar-refractivity contribution >= 4 is 14.3 Å². The van der Waals surface area contributed by atoms with Crippen LogP contribution in [0.3, 0.4) is 0 Å². The third-order valence-electron chi connectivity index (χ3n) is 4.15. The van der Waals surface area contributed by atoms with E-state index in [9.17, 15) is 4.79 Å². The molecule has 0 aromatic heterocycles. The van der Waals surface area contributed by atoms with Gasteiger partial charge in [0.1, 0.15) is 0 Å². The van der Waals surface area contributed by atoms with E-state index in [0.717, 1.165) is 0 Å². The highest BCUT2D eigenvalue weighted by Gasteiger charge is 2.40. The zero-order valence-corrected chi connectivity index (χ0v) is 15.6. The molecule has 118 valence electrons. The Morgan fingerprint density at radius 3 is 2.00 bits per heavy atom. The van der Waals surface area contributed by atoms with Gasteiger partial charge in [-0.2, -0.15) is 0 Å². The zero-order chi connectivity index (χ0) is 16.1. The number of ether oxygens (including phenoxy) is 1. The number of esters is 1. The van der Waals surface area contributed by atoms with Gasteiger partial charge in [-0.15, -0.1) is 0 Å². The molecule has 0 aromatic rings. The fraction of sp³-hybridized carbons (Fsp3) is 0.812. The molecule has 0 bridgehead atoms. The minimum absolute atomic E-state index is 0.122. The molecule has 0 saturated carbocycles. The molecule has 0 aromatic carbocycles. The van der Waals surface area contributed by atoms with Crippen molar-refractivity contribution in [2.45, 2.75) is 65.8 Å². The SMILES string of the molecule is COC(=O)/C=C/[C@@H](C)[C@H](O[Si](C)(C)C(C)(C)C)C(C)C. The maximum atomic E-state index is 11.2. The van der Waals surface area contributed by atoms with Gasteiger partial charge in [-0.1, -0.05) is 47.6 Å². The largest absolute Gasteiger partial charge is 0.466 e. The molecule has 0 radical (unpaired) electrons. The Morgan fingerprint density at radius 2 is 1.65 bits per heavy atom. The lowest BCUT2D eigenvalue weighted by molar-refractivity contribution is -0.134. The van der Waals surface area contributed by atoms with E-state index in [2.05, 4.69) is 59.4 Å². The van der Waals surface area contributed by atoms with Crippen LogP contribution in [-0.2, 0) is 14.0 Å². The smallest absolute Gasteiger partial charge is 0.330 e. The Morgan fingerprint density at radius 1 is 1.15 bits per heavy atom. The van der Waals surface area contributed by atoms with Crippen LogP contribution in [0.15, 0.2) is 12.2 Å². The average molecular weight is 301 g/mol. The van der Waals surface area contributed by atoms with E-state index in [0.29, 0.717) is 5.92 Å². The lowest BCUT2D eigenvalue weighted by Crippen LogP contribution is -2.46. The number of hydrogen-bond acceptors (Lipinski definition) is 3. The molecule has 0 unspecified atom stereocenters. The highest BCUT2D eigenvalue weighted by molar-refractivity contribution is 6.74. The van der Waals surface area contributed by atoms with Crippen molar-refractivity contribution in [2.75, 3.05) is 7.11 Å². The quantitative estimate of drug-likeness (QED) is 0.414. The topological polar surface area (TPSA) is 35.5 Å². The van der Waals surface area contributed by atoms with Crippen LogP contribution in [0.25, 0.3) is 0 Å². The van der Waals surface area contributed by atoms with Crippen molar-refractivity contribution in [3.8, 4) is 0 Å². The van der Waals surface area contributed by atoms with Gasteiger partial charge < -0.3 is 9.16 Å². The first-order valence-corrected chi connectivity index (χ1v) is 10.3. The summed E-state index contributed by atoms with van der Waals surface area (Å²) in [6.45, 7) is 17.7. The summed E-state index contributed by atoms with van der Waals surface area (Å²) in [6.07, 6.45) is 3.51. The van der Waals surface area contributed by atoms with Crippen molar-refractivity contribution in [1.82, 2.24) is 0 Å². The zero-order valence-electron chi connectivity index (χ0n) is 14.6. The Kier molecular flexibility index (Phi) is 7.18. The summed E-state index contributed by atoms with van der Waals surface area (Å²) < 4.78 is 11.2. The second-order valence-electron chi connectivity index (χ2n) is 7.33. The van der Waals surface area contributed by atoms with E-state index in [4.69, 9.17) is 4.43 Å². The molecule has 0 aliphatic rings. The van der Waals surface area contributed by atoms with Crippen LogP contribution in [0.1, 0.15) is 41.5 Å². The first kappa shape index (κ1) is 19.4. The lowest BCUT2D eigenvalue weighted by Gasteiger charge is -2.42. The van der Waals surface area contributed by atoms with Crippen molar-refractivity contribution in [3.05, 3.63) is 12.2 Å². The molecule has 0 N–H and O–H groups in total.